The van der Waals surface area contributed by atoms with Gasteiger partial charge in [-0.3, -0.25) is 0 Å². The zero-order valence-corrected chi connectivity index (χ0v) is 50.8. The van der Waals surface area contributed by atoms with Crippen LogP contribution in [0.25, 0.3) is 77.6 Å². The van der Waals surface area contributed by atoms with Gasteiger partial charge >= 0.3 is 0 Å². The molecule has 0 bridgehead atoms. The molecule has 9 aromatic carbocycles. The van der Waals surface area contributed by atoms with Gasteiger partial charge in [0.05, 0.1) is 0 Å². The Kier molecular flexibility index (Phi) is 12.3. The maximum atomic E-state index is 6.60. The topological polar surface area (TPSA) is 13.1 Å². The molecule has 1 nitrogen and oxygen atoms in total. The average Bonchev–Trinajstić information content (AvgIpc) is 2.75. The normalized spacial score (nSPS) is 18.2. The summed E-state index contributed by atoms with van der Waals surface area (Å²) in [5, 5.41) is 2.39. The van der Waals surface area contributed by atoms with Crippen molar-refractivity contribution in [3.8, 4) is 55.6 Å². The van der Waals surface area contributed by atoms with Crippen LogP contribution in [0.2, 0.25) is 0 Å². The SMILES string of the molecule is CC.Cc1ccccc1-c1ccc2c(c1C)-c1cc3c(cc1C2(C)C)C1CC(C)CC=C1C3(C)C.Cc1ccccc1-c1cccc(Cc2ccc3c(c2)C(C)(C)c2cc4c(cc2-3)C(C)(C)c2ccc3c(oc5ccccc53)c2-4)c1C. The van der Waals surface area contributed by atoms with E-state index in [9.17, 15) is 0 Å². The third-order valence-electron chi connectivity index (χ3n) is 20.5. The van der Waals surface area contributed by atoms with Gasteiger partial charge in [0, 0.05) is 43.9 Å². The van der Waals surface area contributed by atoms with Crippen molar-refractivity contribution in [1.29, 1.82) is 0 Å². The highest BCUT2D eigenvalue weighted by Gasteiger charge is 2.47. The molecule has 1 heterocycles. The third kappa shape index (κ3) is 7.76. The minimum atomic E-state index is -0.112. The summed E-state index contributed by atoms with van der Waals surface area (Å²) < 4.78 is 6.60. The minimum Gasteiger partial charge on any atom is -0.455 e. The lowest BCUT2D eigenvalue weighted by molar-refractivity contribution is 0.455. The summed E-state index contributed by atoms with van der Waals surface area (Å²) in [5.74, 6) is 1.38. The van der Waals surface area contributed by atoms with E-state index in [0.717, 1.165) is 23.5 Å². The van der Waals surface area contributed by atoms with Gasteiger partial charge in [-0.25, -0.2) is 0 Å². The quantitative estimate of drug-likeness (QED) is 0.160. The Morgan fingerprint density at radius 3 is 1.69 bits per heavy atom. The maximum absolute atomic E-state index is 6.60. The molecule has 0 spiro atoms. The lowest BCUT2D eigenvalue weighted by Crippen LogP contribution is -2.19. The number of furan rings is 1. The Bertz CT molecular complexity index is 4290. The molecule has 10 aromatic rings. The van der Waals surface area contributed by atoms with Crippen LogP contribution in [0.3, 0.4) is 0 Å². The highest BCUT2D eigenvalue weighted by molar-refractivity contribution is 6.12. The van der Waals surface area contributed by atoms with E-state index < -0.39 is 0 Å². The van der Waals surface area contributed by atoms with Gasteiger partial charge in [-0.05, 0) is 205 Å². The number of benzene rings is 9. The van der Waals surface area contributed by atoms with Crippen LogP contribution in [-0.4, -0.2) is 0 Å². The van der Waals surface area contributed by atoms with E-state index >= 15 is 0 Å². The van der Waals surface area contributed by atoms with Gasteiger partial charge in [0.2, 0.25) is 0 Å². The molecule has 5 aliphatic carbocycles. The van der Waals surface area contributed by atoms with E-state index in [1.54, 1.807) is 16.7 Å². The summed E-state index contributed by atoms with van der Waals surface area (Å²) in [6.45, 7) is 34.8. The van der Waals surface area contributed by atoms with E-state index in [0.29, 0.717) is 5.92 Å². The highest BCUT2D eigenvalue weighted by Crippen LogP contribution is 2.61. The van der Waals surface area contributed by atoms with Crippen molar-refractivity contribution < 1.29 is 4.42 Å². The Balaban J connectivity index is 0.000000156. The number of fused-ring (bicyclic) bond motifs is 16. The van der Waals surface area contributed by atoms with E-state index in [4.69, 9.17) is 4.42 Å². The first-order valence-corrected chi connectivity index (χ1v) is 30.3. The molecule has 0 saturated heterocycles. The van der Waals surface area contributed by atoms with E-state index in [2.05, 4.69) is 254 Å². The Morgan fingerprint density at radius 1 is 0.432 bits per heavy atom. The van der Waals surface area contributed by atoms with Gasteiger partial charge in [-0.15, -0.1) is 0 Å². The molecule has 0 fully saturated rings. The summed E-state index contributed by atoms with van der Waals surface area (Å²) in [7, 11) is 0. The van der Waals surface area contributed by atoms with Gasteiger partial charge in [0.25, 0.3) is 0 Å². The fourth-order valence-corrected chi connectivity index (χ4v) is 15.9. The standard InChI is InChI=1S/C45H38O.C33H36.C2H6/c1-26-12-7-8-14-30(26)31-16-11-13-29(27(31)2)22-28-18-19-32-35-24-40-36(25-39(35)45(5,6)38(32)23-28)42-37(44(40,3)4)21-20-34-33-15-9-10-17-41(33)46-43(34)42;1-19-12-14-27-24(16-19)25-17-30-26(18-29(25)32(27,4)5)31-21(3)23(13-15-28(31)33(30,6)7)22-11-9-8-10-20(22)2;1-2/h7-21,23-25H,22H2,1-6H3;8-11,13-15,17-19,24H,12,16H2,1-7H3;1-2H3. The first-order chi connectivity index (χ1) is 38.8. The van der Waals surface area contributed by atoms with Gasteiger partial charge in [0.15, 0.2) is 0 Å². The monoisotopic (exact) mass is 1060 g/mol. The predicted octanol–water partition coefficient (Wildman–Crippen LogP) is 22.1. The molecular formula is C80H80O. The molecule has 0 aliphatic heterocycles. The third-order valence-corrected chi connectivity index (χ3v) is 20.5. The summed E-state index contributed by atoms with van der Waals surface area (Å²) in [6.07, 6.45) is 6.03. The molecule has 0 saturated carbocycles. The van der Waals surface area contributed by atoms with Gasteiger partial charge in [-0.1, -0.05) is 221 Å². The van der Waals surface area contributed by atoms with Crippen LogP contribution in [0.1, 0.15) is 173 Å². The summed E-state index contributed by atoms with van der Waals surface area (Å²) in [5.41, 5.74) is 37.3. The second kappa shape index (κ2) is 18.8. The molecule has 5 aliphatic rings. The van der Waals surface area contributed by atoms with Crippen molar-refractivity contribution in [2.75, 3.05) is 0 Å². The van der Waals surface area contributed by atoms with Crippen LogP contribution in [-0.2, 0) is 28.1 Å². The van der Waals surface area contributed by atoms with Crippen LogP contribution >= 0.6 is 0 Å². The molecule has 15 rings (SSSR count). The second-order valence-electron chi connectivity index (χ2n) is 26.6. The van der Waals surface area contributed by atoms with Crippen molar-refractivity contribution in [3.63, 3.8) is 0 Å². The van der Waals surface area contributed by atoms with Gasteiger partial charge in [0.1, 0.15) is 11.2 Å². The van der Waals surface area contributed by atoms with Crippen LogP contribution < -0.4 is 0 Å². The van der Waals surface area contributed by atoms with Crippen LogP contribution in [0.4, 0.5) is 0 Å². The van der Waals surface area contributed by atoms with Crippen molar-refractivity contribution in [1.82, 2.24) is 0 Å². The number of aryl methyl sites for hydroxylation is 2. The van der Waals surface area contributed by atoms with E-state index in [1.807, 2.05) is 13.8 Å². The zero-order valence-electron chi connectivity index (χ0n) is 50.8. The molecule has 2 atom stereocenters. The van der Waals surface area contributed by atoms with Gasteiger partial charge < -0.3 is 4.42 Å². The van der Waals surface area contributed by atoms with Crippen molar-refractivity contribution in [3.05, 3.63) is 247 Å². The smallest absolute Gasteiger partial charge is 0.143 e. The van der Waals surface area contributed by atoms with Crippen LogP contribution in [0.15, 0.2) is 174 Å². The van der Waals surface area contributed by atoms with Crippen molar-refractivity contribution in [2.24, 2.45) is 5.92 Å². The molecular weight excluding hydrogens is 977 g/mol. The average molecular weight is 1060 g/mol. The van der Waals surface area contributed by atoms with Crippen molar-refractivity contribution >= 4 is 21.9 Å². The van der Waals surface area contributed by atoms with Gasteiger partial charge in [-0.2, -0.15) is 0 Å². The summed E-state index contributed by atoms with van der Waals surface area (Å²) >= 11 is 0. The molecule has 0 N–H and O–H groups in total. The molecule has 2 unspecified atom stereocenters. The molecule has 1 heteroatoms. The second-order valence-corrected chi connectivity index (χ2v) is 26.6. The summed E-state index contributed by atoms with van der Waals surface area (Å²) in [4.78, 5) is 0. The van der Waals surface area contributed by atoms with Crippen molar-refractivity contribution in [2.45, 2.75) is 151 Å². The molecule has 0 amide bonds. The van der Waals surface area contributed by atoms with Crippen LogP contribution in [0.5, 0.6) is 0 Å². The number of rotatable bonds is 4. The molecule has 81 heavy (non-hydrogen) atoms. The Morgan fingerprint density at radius 2 is 0.975 bits per heavy atom. The highest BCUT2D eigenvalue weighted by atomic mass is 16.3. The Labute approximate surface area is 483 Å². The number of allylic oxidation sites excluding steroid dienone is 2. The lowest BCUT2D eigenvalue weighted by Gasteiger charge is -2.29. The molecule has 1 aromatic heterocycles. The lowest BCUT2D eigenvalue weighted by atomic mass is 9.75. The summed E-state index contributed by atoms with van der Waals surface area (Å²) in [6, 6.07) is 59.5. The maximum Gasteiger partial charge on any atom is 0.143 e. The fraction of sp³-hybridized carbons (Fsp3) is 0.300. The van der Waals surface area contributed by atoms with E-state index in [1.165, 1.54) is 146 Å². The number of hydrogen-bond acceptors (Lipinski definition) is 1. The number of para-hydroxylation sites is 1. The fourth-order valence-electron chi connectivity index (χ4n) is 15.9. The zero-order chi connectivity index (χ0) is 56.8. The molecule has 0 radical (unpaired) electrons. The predicted molar refractivity (Wildman–Crippen MR) is 346 cm³/mol. The van der Waals surface area contributed by atoms with Crippen LogP contribution in [0, 0.1) is 33.6 Å². The Hall–Kier alpha value is -7.48. The first-order valence-electron chi connectivity index (χ1n) is 30.3. The largest absolute Gasteiger partial charge is 0.455 e. The molecule has 406 valence electrons. The van der Waals surface area contributed by atoms with E-state index in [-0.39, 0.29) is 21.7 Å². The number of hydrogen-bond donors (Lipinski definition) is 0. The first kappa shape index (κ1) is 52.9. The minimum absolute atomic E-state index is 0.0333.